The Labute approximate surface area is 163 Å². The summed E-state index contributed by atoms with van der Waals surface area (Å²) in [5.41, 5.74) is 1.79. The number of hydrogen-bond donors (Lipinski definition) is 0. The molecule has 5 nitrogen and oxygen atoms in total. The first-order valence-electron chi connectivity index (χ1n) is 8.67. The monoisotopic (exact) mass is 400 g/mol. The van der Waals surface area contributed by atoms with Crippen molar-refractivity contribution in [2.75, 3.05) is 7.11 Å². The average Bonchev–Trinajstić information content (AvgIpc) is 3.13. The van der Waals surface area contributed by atoms with Crippen molar-refractivity contribution in [3.05, 3.63) is 71.2 Å². The lowest BCUT2D eigenvalue weighted by Crippen LogP contribution is -2.45. The highest BCUT2D eigenvalue weighted by Crippen LogP contribution is 2.42. The van der Waals surface area contributed by atoms with E-state index in [0.717, 1.165) is 21.1 Å². The number of ether oxygens (including phenoxy) is 1. The van der Waals surface area contributed by atoms with Crippen LogP contribution in [0.5, 0.6) is 0 Å². The fourth-order valence-electron chi connectivity index (χ4n) is 3.40. The number of hydrogen-bond acceptors (Lipinski definition) is 5. The maximum absolute atomic E-state index is 13.2. The molecule has 2 atom stereocenters. The van der Waals surface area contributed by atoms with E-state index in [1.165, 1.54) is 4.31 Å². The molecule has 0 unspecified atom stereocenters. The SMILES string of the molecule is CO[C@H]1c2sc(-c3ccccc3)nc2CN(S(=O)(=O)c2ccccc2)[C@H]1C. The molecule has 0 spiro atoms. The summed E-state index contributed by atoms with van der Waals surface area (Å²) >= 11 is 1.58. The minimum absolute atomic E-state index is 0.247. The van der Waals surface area contributed by atoms with Gasteiger partial charge in [-0.15, -0.1) is 11.3 Å². The van der Waals surface area contributed by atoms with Gasteiger partial charge in [0.25, 0.3) is 0 Å². The average molecular weight is 401 g/mol. The van der Waals surface area contributed by atoms with E-state index < -0.39 is 10.0 Å². The van der Waals surface area contributed by atoms with Gasteiger partial charge < -0.3 is 4.74 Å². The fourth-order valence-corrected chi connectivity index (χ4v) is 6.27. The molecule has 0 radical (unpaired) electrons. The molecule has 1 aromatic heterocycles. The number of aromatic nitrogens is 1. The highest BCUT2D eigenvalue weighted by atomic mass is 32.2. The molecule has 0 bridgehead atoms. The lowest BCUT2D eigenvalue weighted by molar-refractivity contribution is 0.0377. The van der Waals surface area contributed by atoms with Crippen LogP contribution in [0, 0.1) is 0 Å². The maximum Gasteiger partial charge on any atom is 0.243 e. The zero-order chi connectivity index (χ0) is 19.0. The van der Waals surface area contributed by atoms with Crippen molar-refractivity contribution in [3.63, 3.8) is 0 Å². The normalized spacial score (nSPS) is 20.4. The quantitative estimate of drug-likeness (QED) is 0.662. The molecule has 0 N–H and O–H groups in total. The zero-order valence-electron chi connectivity index (χ0n) is 15.1. The topological polar surface area (TPSA) is 59.5 Å². The number of rotatable bonds is 4. The molecular formula is C20H20N2O3S2. The van der Waals surface area contributed by atoms with Crippen molar-refractivity contribution in [2.24, 2.45) is 0 Å². The Kier molecular flexibility index (Phi) is 4.86. The molecule has 0 saturated carbocycles. The molecule has 0 amide bonds. The van der Waals surface area contributed by atoms with Gasteiger partial charge in [-0.2, -0.15) is 4.31 Å². The molecule has 0 aliphatic carbocycles. The van der Waals surface area contributed by atoms with Crippen molar-refractivity contribution in [3.8, 4) is 10.6 Å². The first kappa shape index (κ1) is 18.3. The zero-order valence-corrected chi connectivity index (χ0v) is 16.7. The van der Waals surface area contributed by atoms with E-state index in [2.05, 4.69) is 0 Å². The second kappa shape index (κ2) is 7.16. The molecule has 0 fully saturated rings. The van der Waals surface area contributed by atoms with Gasteiger partial charge in [-0.1, -0.05) is 48.5 Å². The summed E-state index contributed by atoms with van der Waals surface area (Å²) in [6, 6.07) is 18.1. The van der Waals surface area contributed by atoms with Crippen molar-refractivity contribution < 1.29 is 13.2 Å². The van der Waals surface area contributed by atoms with Gasteiger partial charge in [0.05, 0.1) is 28.1 Å². The molecule has 4 rings (SSSR count). The standard InChI is InChI=1S/C20H20N2O3S2/c1-14-18(25-2)19-17(21-20(26-19)15-9-5-3-6-10-15)13-22(14)27(23,24)16-11-7-4-8-12-16/h3-12,14,18H,13H2,1-2H3/t14-,18+/m0/s1. The van der Waals surface area contributed by atoms with E-state index in [1.54, 1.807) is 48.8 Å². The molecular weight excluding hydrogens is 380 g/mol. The molecule has 27 heavy (non-hydrogen) atoms. The largest absolute Gasteiger partial charge is 0.374 e. The smallest absolute Gasteiger partial charge is 0.243 e. The number of fused-ring (bicyclic) bond motifs is 1. The number of benzene rings is 2. The van der Waals surface area contributed by atoms with Gasteiger partial charge in [-0.3, -0.25) is 0 Å². The third-order valence-electron chi connectivity index (χ3n) is 4.81. The minimum atomic E-state index is -3.63. The van der Waals surface area contributed by atoms with Crippen molar-refractivity contribution in [1.82, 2.24) is 9.29 Å². The highest BCUT2D eigenvalue weighted by Gasteiger charge is 2.41. The van der Waals surface area contributed by atoms with Crippen LogP contribution in [0.3, 0.4) is 0 Å². The molecule has 140 valence electrons. The third-order valence-corrected chi connectivity index (χ3v) is 7.96. The lowest BCUT2D eigenvalue weighted by Gasteiger charge is -2.36. The van der Waals surface area contributed by atoms with Gasteiger partial charge in [-0.25, -0.2) is 13.4 Å². The van der Waals surface area contributed by atoms with Gasteiger partial charge >= 0.3 is 0 Å². The summed E-state index contributed by atoms with van der Waals surface area (Å²) in [6.45, 7) is 2.14. The minimum Gasteiger partial charge on any atom is -0.374 e. The van der Waals surface area contributed by atoms with E-state index in [4.69, 9.17) is 9.72 Å². The first-order chi connectivity index (χ1) is 13.0. The van der Waals surface area contributed by atoms with Gasteiger partial charge in [0.2, 0.25) is 10.0 Å². The van der Waals surface area contributed by atoms with Gasteiger partial charge in [-0.05, 0) is 19.1 Å². The van der Waals surface area contributed by atoms with Gasteiger partial charge in [0.15, 0.2) is 0 Å². The Bertz CT molecular complexity index is 1030. The van der Waals surface area contributed by atoms with Gasteiger partial charge in [0.1, 0.15) is 11.1 Å². The van der Waals surface area contributed by atoms with Gasteiger partial charge in [0, 0.05) is 12.7 Å². The van der Waals surface area contributed by atoms with E-state index >= 15 is 0 Å². The number of methoxy groups -OCH3 is 1. The number of sulfonamides is 1. The van der Waals surface area contributed by atoms with Crippen LogP contribution in [-0.4, -0.2) is 30.9 Å². The van der Waals surface area contributed by atoms with Crippen LogP contribution in [0.15, 0.2) is 65.6 Å². The van der Waals surface area contributed by atoms with Crippen LogP contribution in [0.2, 0.25) is 0 Å². The van der Waals surface area contributed by atoms with Crippen LogP contribution in [0.25, 0.3) is 10.6 Å². The summed E-state index contributed by atoms with van der Waals surface area (Å²) in [6.07, 6.45) is -0.345. The molecule has 2 heterocycles. The summed E-state index contributed by atoms with van der Waals surface area (Å²) < 4.78 is 33.6. The fraction of sp³-hybridized carbons (Fsp3) is 0.250. The summed E-state index contributed by atoms with van der Waals surface area (Å²) in [4.78, 5) is 6.03. The van der Waals surface area contributed by atoms with Crippen LogP contribution in [0.1, 0.15) is 23.6 Å². The Morgan fingerprint density at radius 1 is 1.07 bits per heavy atom. The molecule has 1 aliphatic rings. The second-order valence-electron chi connectivity index (χ2n) is 6.46. The Hall–Kier alpha value is -2.06. The Morgan fingerprint density at radius 2 is 1.70 bits per heavy atom. The van der Waals surface area contributed by atoms with E-state index in [0.29, 0.717) is 0 Å². The molecule has 3 aromatic rings. The van der Waals surface area contributed by atoms with Crippen molar-refractivity contribution >= 4 is 21.4 Å². The van der Waals surface area contributed by atoms with E-state index in [1.807, 2.05) is 37.3 Å². The predicted octanol–water partition coefficient (Wildman–Crippen LogP) is 4.09. The van der Waals surface area contributed by atoms with Crippen LogP contribution in [0.4, 0.5) is 0 Å². The van der Waals surface area contributed by atoms with E-state index in [9.17, 15) is 8.42 Å². The molecule has 7 heteroatoms. The lowest BCUT2D eigenvalue weighted by atomic mass is 10.1. The summed E-state index contributed by atoms with van der Waals surface area (Å²) in [5, 5.41) is 0.883. The summed E-state index contributed by atoms with van der Waals surface area (Å²) in [7, 11) is -2.02. The molecule has 1 aliphatic heterocycles. The molecule has 0 saturated heterocycles. The van der Waals surface area contributed by atoms with Crippen molar-refractivity contribution in [1.29, 1.82) is 0 Å². The number of thiazole rings is 1. The van der Waals surface area contributed by atoms with E-state index in [-0.39, 0.29) is 23.6 Å². The van der Waals surface area contributed by atoms with Crippen LogP contribution < -0.4 is 0 Å². The highest BCUT2D eigenvalue weighted by molar-refractivity contribution is 7.89. The Balaban J connectivity index is 1.77. The third kappa shape index (κ3) is 3.21. The summed E-state index contributed by atoms with van der Waals surface area (Å²) in [5.74, 6) is 0. The number of nitrogens with zero attached hydrogens (tertiary/aromatic N) is 2. The Morgan fingerprint density at radius 3 is 2.33 bits per heavy atom. The van der Waals surface area contributed by atoms with Crippen LogP contribution in [-0.2, 0) is 21.3 Å². The second-order valence-corrected chi connectivity index (χ2v) is 9.38. The maximum atomic E-state index is 13.2. The molecule has 2 aromatic carbocycles. The first-order valence-corrected chi connectivity index (χ1v) is 10.9. The predicted molar refractivity (Wildman–Crippen MR) is 106 cm³/mol. The van der Waals surface area contributed by atoms with Crippen LogP contribution >= 0.6 is 11.3 Å². The van der Waals surface area contributed by atoms with Crippen molar-refractivity contribution in [2.45, 2.75) is 30.5 Å².